The molecular weight excluding hydrogens is 224 g/mol. The van der Waals surface area contributed by atoms with E-state index in [-0.39, 0.29) is 19.1 Å². The van der Waals surface area contributed by atoms with E-state index in [0.29, 0.717) is 13.0 Å². The maximum Gasteiger partial charge on any atom is 0.311 e. The molecule has 0 saturated carbocycles. The molecule has 1 fully saturated rings. The van der Waals surface area contributed by atoms with Crippen molar-refractivity contribution in [1.82, 2.24) is 4.90 Å². The lowest BCUT2D eigenvalue weighted by molar-refractivity contribution is -0.145. The van der Waals surface area contributed by atoms with Crippen LogP contribution in [0.4, 0.5) is 0 Å². The predicted octanol–water partition coefficient (Wildman–Crippen LogP) is -0.328. The second-order valence-corrected chi connectivity index (χ2v) is 4.19. The molecule has 0 aromatic heterocycles. The summed E-state index contributed by atoms with van der Waals surface area (Å²) in [5.74, 6) is -1.77. The summed E-state index contributed by atoms with van der Waals surface area (Å²) < 4.78 is 5.16. The van der Waals surface area contributed by atoms with Gasteiger partial charge in [0.15, 0.2) is 0 Å². The molecule has 3 unspecified atom stereocenters. The van der Waals surface area contributed by atoms with E-state index >= 15 is 0 Å². The molecule has 0 aromatic carbocycles. The highest BCUT2D eigenvalue weighted by Crippen LogP contribution is 2.20. The molecule has 1 saturated heterocycles. The van der Waals surface area contributed by atoms with Crippen molar-refractivity contribution in [2.75, 3.05) is 19.8 Å². The van der Waals surface area contributed by atoms with Crippen LogP contribution in [0.1, 0.15) is 20.3 Å². The van der Waals surface area contributed by atoms with Crippen LogP contribution in [0.15, 0.2) is 0 Å². The number of nitrogens with two attached hydrogens (primary N) is 1. The molecule has 3 N–H and O–H groups in total. The minimum absolute atomic E-state index is 0.158. The fraction of sp³-hybridized carbons (Fsp3) is 0.818. The van der Waals surface area contributed by atoms with Crippen molar-refractivity contribution in [3.63, 3.8) is 0 Å². The molecule has 6 heteroatoms. The van der Waals surface area contributed by atoms with E-state index in [2.05, 4.69) is 0 Å². The highest BCUT2D eigenvalue weighted by atomic mass is 16.5. The molecule has 6 nitrogen and oxygen atoms in total. The van der Waals surface area contributed by atoms with Crippen molar-refractivity contribution < 1.29 is 19.4 Å². The Labute approximate surface area is 101 Å². The first-order valence-electron chi connectivity index (χ1n) is 5.89. The summed E-state index contributed by atoms with van der Waals surface area (Å²) >= 11 is 0. The molecule has 0 aromatic rings. The average Bonchev–Trinajstić information content (AvgIpc) is 2.78. The van der Waals surface area contributed by atoms with E-state index in [1.165, 1.54) is 4.90 Å². The van der Waals surface area contributed by atoms with Gasteiger partial charge in [0.1, 0.15) is 5.92 Å². The number of nitrogens with zero attached hydrogens (tertiary/aromatic N) is 1. The largest absolute Gasteiger partial charge is 0.481 e. The van der Waals surface area contributed by atoms with Crippen molar-refractivity contribution in [1.29, 1.82) is 0 Å². The maximum absolute atomic E-state index is 12.0. The highest BCUT2D eigenvalue weighted by molar-refractivity contribution is 5.83. The summed E-state index contributed by atoms with van der Waals surface area (Å²) in [6.07, 6.45) is 0.542. The van der Waals surface area contributed by atoms with Gasteiger partial charge in [0.2, 0.25) is 5.91 Å². The number of carboxylic acid groups (broad SMARTS) is 1. The zero-order chi connectivity index (χ0) is 13.0. The molecule has 17 heavy (non-hydrogen) atoms. The van der Waals surface area contributed by atoms with Crippen molar-refractivity contribution in [2.24, 2.45) is 11.7 Å². The van der Waals surface area contributed by atoms with Crippen LogP contribution in [0.25, 0.3) is 0 Å². The standard InChI is InChI=1S/C11H20N2O4/c1-3-8(12)10(14)13(4-2)9-6-17-5-7(9)11(15)16/h7-9H,3-6,12H2,1-2H3,(H,15,16). The van der Waals surface area contributed by atoms with Crippen LogP contribution in [0, 0.1) is 5.92 Å². The monoisotopic (exact) mass is 244 g/mol. The molecule has 3 atom stereocenters. The number of amides is 1. The van der Waals surface area contributed by atoms with E-state index in [1.807, 2.05) is 13.8 Å². The van der Waals surface area contributed by atoms with Crippen LogP contribution in [-0.4, -0.2) is 53.7 Å². The van der Waals surface area contributed by atoms with Crippen molar-refractivity contribution in [2.45, 2.75) is 32.4 Å². The van der Waals surface area contributed by atoms with Gasteiger partial charge < -0.3 is 20.5 Å². The first-order chi connectivity index (χ1) is 8.02. The Morgan fingerprint density at radius 2 is 2.12 bits per heavy atom. The van der Waals surface area contributed by atoms with E-state index in [0.717, 1.165) is 0 Å². The fourth-order valence-electron chi connectivity index (χ4n) is 2.03. The first kappa shape index (κ1) is 13.9. The zero-order valence-corrected chi connectivity index (χ0v) is 10.3. The number of rotatable bonds is 5. The van der Waals surface area contributed by atoms with Gasteiger partial charge in [0.25, 0.3) is 0 Å². The Morgan fingerprint density at radius 1 is 1.47 bits per heavy atom. The van der Waals surface area contributed by atoms with Gasteiger partial charge >= 0.3 is 5.97 Å². The van der Waals surface area contributed by atoms with Crippen LogP contribution in [-0.2, 0) is 14.3 Å². The molecular formula is C11H20N2O4. The van der Waals surface area contributed by atoms with E-state index in [9.17, 15) is 9.59 Å². The maximum atomic E-state index is 12.0. The number of carboxylic acids is 1. The van der Waals surface area contributed by atoms with Gasteiger partial charge in [0.05, 0.1) is 25.3 Å². The summed E-state index contributed by atoms with van der Waals surface area (Å²) in [6.45, 7) is 4.52. The SMILES string of the molecule is CCC(N)C(=O)N(CC)C1COCC1C(=O)O. The van der Waals surface area contributed by atoms with Gasteiger partial charge in [-0.15, -0.1) is 0 Å². The minimum Gasteiger partial charge on any atom is -0.481 e. The highest BCUT2D eigenvalue weighted by Gasteiger charge is 2.40. The molecule has 98 valence electrons. The second-order valence-electron chi connectivity index (χ2n) is 4.19. The van der Waals surface area contributed by atoms with Crippen molar-refractivity contribution in [3.8, 4) is 0 Å². The number of hydrogen-bond donors (Lipinski definition) is 2. The van der Waals surface area contributed by atoms with Gasteiger partial charge in [-0.1, -0.05) is 6.92 Å². The number of ether oxygens (including phenoxy) is 1. The van der Waals surface area contributed by atoms with Gasteiger partial charge in [-0.2, -0.15) is 0 Å². The lowest BCUT2D eigenvalue weighted by Crippen LogP contribution is -2.52. The van der Waals surface area contributed by atoms with E-state index < -0.39 is 24.0 Å². The molecule has 1 heterocycles. The molecule has 1 amide bonds. The van der Waals surface area contributed by atoms with Crippen LogP contribution < -0.4 is 5.73 Å². The third-order valence-corrected chi connectivity index (χ3v) is 3.15. The van der Waals surface area contributed by atoms with Crippen LogP contribution >= 0.6 is 0 Å². The number of carbonyl (C=O) groups is 2. The minimum atomic E-state index is -0.927. The number of hydrogen-bond acceptors (Lipinski definition) is 4. The Morgan fingerprint density at radius 3 is 2.59 bits per heavy atom. The van der Waals surface area contributed by atoms with Crippen LogP contribution in [0.2, 0.25) is 0 Å². The molecule has 1 aliphatic rings. The second kappa shape index (κ2) is 5.97. The number of aliphatic carboxylic acids is 1. The zero-order valence-electron chi connectivity index (χ0n) is 10.3. The fourth-order valence-corrected chi connectivity index (χ4v) is 2.03. The number of carbonyl (C=O) groups excluding carboxylic acids is 1. The first-order valence-corrected chi connectivity index (χ1v) is 5.89. The Kier molecular flexibility index (Phi) is 4.89. The smallest absolute Gasteiger partial charge is 0.311 e. The van der Waals surface area contributed by atoms with Gasteiger partial charge in [-0.05, 0) is 13.3 Å². The predicted molar refractivity (Wildman–Crippen MR) is 61.4 cm³/mol. The summed E-state index contributed by atoms with van der Waals surface area (Å²) in [4.78, 5) is 24.6. The van der Waals surface area contributed by atoms with Crippen molar-refractivity contribution in [3.05, 3.63) is 0 Å². The van der Waals surface area contributed by atoms with Gasteiger partial charge in [-0.3, -0.25) is 9.59 Å². The summed E-state index contributed by atoms with van der Waals surface area (Å²) in [6, 6.07) is -0.965. The lowest BCUT2D eigenvalue weighted by Gasteiger charge is -2.31. The number of likely N-dealkylation sites (N-methyl/N-ethyl adjacent to an activating group) is 1. The van der Waals surface area contributed by atoms with Gasteiger partial charge in [-0.25, -0.2) is 0 Å². The summed E-state index contributed by atoms with van der Waals surface area (Å²) in [7, 11) is 0. The molecule has 0 spiro atoms. The average molecular weight is 244 g/mol. The van der Waals surface area contributed by atoms with E-state index in [1.54, 1.807) is 0 Å². The molecule has 1 rings (SSSR count). The molecule has 1 aliphatic heterocycles. The molecule has 0 bridgehead atoms. The van der Waals surface area contributed by atoms with Gasteiger partial charge in [0, 0.05) is 6.54 Å². The van der Waals surface area contributed by atoms with Crippen LogP contribution in [0.5, 0.6) is 0 Å². The Hall–Kier alpha value is -1.14. The summed E-state index contributed by atoms with van der Waals surface area (Å²) in [5.41, 5.74) is 5.70. The Bertz CT molecular complexity index is 295. The normalized spacial score (nSPS) is 25.6. The third kappa shape index (κ3) is 2.95. The van der Waals surface area contributed by atoms with E-state index in [4.69, 9.17) is 15.6 Å². The lowest BCUT2D eigenvalue weighted by atomic mass is 10.0. The van der Waals surface area contributed by atoms with Crippen LogP contribution in [0.3, 0.4) is 0 Å². The topological polar surface area (TPSA) is 92.9 Å². The molecule has 0 radical (unpaired) electrons. The molecule has 0 aliphatic carbocycles. The quantitative estimate of drug-likeness (QED) is 0.691. The summed E-state index contributed by atoms with van der Waals surface area (Å²) in [5, 5.41) is 9.06. The van der Waals surface area contributed by atoms with Crippen molar-refractivity contribution >= 4 is 11.9 Å². The third-order valence-electron chi connectivity index (χ3n) is 3.15. The Balaban J connectivity index is 2.79.